The highest BCUT2D eigenvalue weighted by molar-refractivity contribution is 6.31. The van der Waals surface area contributed by atoms with Gasteiger partial charge in [0.2, 0.25) is 5.91 Å². The maximum atomic E-state index is 12.2. The number of piperidine rings is 1. The summed E-state index contributed by atoms with van der Waals surface area (Å²) in [5, 5.41) is 7.11. The van der Waals surface area contributed by atoms with Crippen molar-refractivity contribution in [3.05, 3.63) is 28.8 Å². The first-order valence-corrected chi connectivity index (χ1v) is 7.99. The van der Waals surface area contributed by atoms with E-state index in [2.05, 4.69) is 15.5 Å². The zero-order valence-electron chi connectivity index (χ0n) is 12.4. The number of amides is 1. The molecule has 0 spiro atoms. The second kappa shape index (κ2) is 6.34. The van der Waals surface area contributed by atoms with Gasteiger partial charge in [0, 0.05) is 17.3 Å². The molecule has 0 bridgehead atoms. The molecule has 3 rings (SSSR count). The lowest BCUT2D eigenvalue weighted by molar-refractivity contribution is -0.117. The van der Waals surface area contributed by atoms with E-state index in [-0.39, 0.29) is 5.91 Å². The number of fused-ring (bicyclic) bond motifs is 1. The average Bonchev–Trinajstić information content (AvgIpc) is 2.91. The Morgan fingerprint density at radius 3 is 3.10 bits per heavy atom. The quantitative estimate of drug-likeness (QED) is 0.899. The van der Waals surface area contributed by atoms with Crippen molar-refractivity contribution in [2.45, 2.75) is 13.3 Å². The smallest absolute Gasteiger partial charge is 0.238 e. The van der Waals surface area contributed by atoms with Crippen LogP contribution in [0.3, 0.4) is 0 Å². The van der Waals surface area contributed by atoms with Crippen molar-refractivity contribution >= 4 is 23.2 Å². The van der Waals surface area contributed by atoms with Gasteiger partial charge in [0.05, 0.1) is 6.54 Å². The van der Waals surface area contributed by atoms with Gasteiger partial charge in [-0.3, -0.25) is 9.69 Å². The number of hydrogen-bond donors (Lipinski definition) is 2. The Balaban J connectivity index is 1.55. The van der Waals surface area contributed by atoms with E-state index in [0.717, 1.165) is 43.3 Å². The van der Waals surface area contributed by atoms with Crippen molar-refractivity contribution in [3.8, 4) is 0 Å². The van der Waals surface area contributed by atoms with Gasteiger partial charge >= 0.3 is 0 Å². The third kappa shape index (κ3) is 3.39. The first-order chi connectivity index (χ1) is 10.1. The van der Waals surface area contributed by atoms with Gasteiger partial charge in [-0.25, -0.2) is 0 Å². The summed E-state index contributed by atoms with van der Waals surface area (Å²) in [5.41, 5.74) is 1.73. The third-order valence-corrected chi connectivity index (χ3v) is 5.11. The number of benzene rings is 1. The van der Waals surface area contributed by atoms with Crippen LogP contribution in [0.2, 0.25) is 5.02 Å². The molecular weight excluding hydrogens is 286 g/mol. The minimum Gasteiger partial charge on any atom is -0.325 e. The Kier molecular flexibility index (Phi) is 4.48. The van der Waals surface area contributed by atoms with Gasteiger partial charge in [-0.05, 0) is 62.5 Å². The molecule has 0 saturated carbocycles. The maximum Gasteiger partial charge on any atom is 0.238 e. The molecule has 2 fully saturated rings. The molecular formula is C16H22ClN3O. The van der Waals surface area contributed by atoms with E-state index in [4.69, 9.17) is 11.6 Å². The molecule has 1 aromatic carbocycles. The first kappa shape index (κ1) is 14.8. The lowest BCUT2D eigenvalue weighted by Crippen LogP contribution is -2.43. The largest absolute Gasteiger partial charge is 0.325 e. The zero-order valence-corrected chi connectivity index (χ0v) is 13.1. The number of carbonyl (C=O) groups is 1. The molecule has 21 heavy (non-hydrogen) atoms. The predicted octanol–water partition coefficient (Wildman–Crippen LogP) is 2.13. The van der Waals surface area contributed by atoms with Gasteiger partial charge in [0.25, 0.3) is 0 Å². The maximum absolute atomic E-state index is 12.2. The van der Waals surface area contributed by atoms with E-state index in [1.165, 1.54) is 6.42 Å². The normalized spacial score (nSPS) is 25.6. The van der Waals surface area contributed by atoms with Crippen molar-refractivity contribution in [3.63, 3.8) is 0 Å². The molecule has 1 aromatic rings. The SMILES string of the molecule is Cc1c(Cl)cccc1NC(=O)CN1CCC2CNCC2C1. The van der Waals surface area contributed by atoms with Gasteiger partial charge in [-0.15, -0.1) is 0 Å². The van der Waals surface area contributed by atoms with E-state index in [9.17, 15) is 4.79 Å². The average molecular weight is 308 g/mol. The minimum atomic E-state index is 0.0461. The standard InChI is InChI=1S/C16H22ClN3O/c1-11-14(17)3-2-4-15(11)19-16(21)10-20-6-5-12-7-18-8-13(12)9-20/h2-4,12-13,18H,5-10H2,1H3,(H,19,21). The highest BCUT2D eigenvalue weighted by atomic mass is 35.5. The molecule has 4 nitrogen and oxygen atoms in total. The third-order valence-electron chi connectivity index (χ3n) is 4.70. The summed E-state index contributed by atoms with van der Waals surface area (Å²) in [5.74, 6) is 1.56. The Bertz CT molecular complexity index is 534. The Labute approximate surface area is 130 Å². The van der Waals surface area contributed by atoms with Crippen LogP contribution in [-0.4, -0.2) is 43.5 Å². The van der Waals surface area contributed by atoms with E-state index >= 15 is 0 Å². The molecule has 2 N–H and O–H groups in total. The molecule has 2 heterocycles. The van der Waals surface area contributed by atoms with E-state index < -0.39 is 0 Å². The summed E-state index contributed by atoms with van der Waals surface area (Å²) in [6, 6.07) is 5.59. The van der Waals surface area contributed by atoms with Crippen molar-refractivity contribution < 1.29 is 4.79 Å². The summed E-state index contributed by atoms with van der Waals surface area (Å²) in [6.07, 6.45) is 1.20. The molecule has 2 aliphatic rings. The molecule has 5 heteroatoms. The molecule has 1 amide bonds. The van der Waals surface area contributed by atoms with E-state index in [1.54, 1.807) is 0 Å². The summed E-state index contributed by atoms with van der Waals surface area (Å²) in [4.78, 5) is 14.5. The predicted molar refractivity (Wildman–Crippen MR) is 85.7 cm³/mol. The highest BCUT2D eigenvalue weighted by Crippen LogP contribution is 2.26. The van der Waals surface area contributed by atoms with E-state index in [1.807, 2.05) is 25.1 Å². The van der Waals surface area contributed by atoms with Crippen LogP contribution in [0.5, 0.6) is 0 Å². The van der Waals surface area contributed by atoms with Gasteiger partial charge in [0.1, 0.15) is 0 Å². The number of nitrogens with zero attached hydrogens (tertiary/aromatic N) is 1. The number of rotatable bonds is 3. The van der Waals surface area contributed by atoms with Crippen LogP contribution in [0, 0.1) is 18.8 Å². The number of anilines is 1. The second-order valence-corrected chi connectivity index (χ2v) is 6.57. The molecule has 2 saturated heterocycles. The fourth-order valence-electron chi connectivity index (χ4n) is 3.39. The molecule has 2 unspecified atom stereocenters. The topological polar surface area (TPSA) is 44.4 Å². The van der Waals surface area contributed by atoms with Crippen LogP contribution in [0.25, 0.3) is 0 Å². The monoisotopic (exact) mass is 307 g/mol. The summed E-state index contributed by atoms with van der Waals surface area (Å²) in [6.45, 7) is 6.68. The Hall–Kier alpha value is -1.10. The van der Waals surface area contributed by atoms with Crippen molar-refractivity contribution in [2.24, 2.45) is 11.8 Å². The number of nitrogens with one attached hydrogen (secondary N) is 2. The minimum absolute atomic E-state index is 0.0461. The Morgan fingerprint density at radius 2 is 2.24 bits per heavy atom. The highest BCUT2D eigenvalue weighted by Gasteiger charge is 2.33. The van der Waals surface area contributed by atoms with Crippen LogP contribution in [0.1, 0.15) is 12.0 Å². The van der Waals surface area contributed by atoms with E-state index in [0.29, 0.717) is 17.5 Å². The molecule has 114 valence electrons. The number of carbonyl (C=O) groups excluding carboxylic acids is 1. The summed E-state index contributed by atoms with van der Waals surface area (Å²) >= 11 is 6.08. The van der Waals surface area contributed by atoms with Crippen molar-refractivity contribution in [2.75, 3.05) is 38.0 Å². The first-order valence-electron chi connectivity index (χ1n) is 7.61. The molecule has 2 atom stereocenters. The van der Waals surface area contributed by atoms with Crippen molar-refractivity contribution in [1.29, 1.82) is 0 Å². The number of likely N-dealkylation sites (tertiary alicyclic amines) is 1. The second-order valence-electron chi connectivity index (χ2n) is 6.16. The van der Waals surface area contributed by atoms with Crippen LogP contribution in [0.15, 0.2) is 18.2 Å². The number of hydrogen-bond acceptors (Lipinski definition) is 3. The van der Waals surface area contributed by atoms with Gasteiger partial charge in [-0.2, -0.15) is 0 Å². The molecule has 0 aliphatic carbocycles. The molecule has 2 aliphatic heterocycles. The lowest BCUT2D eigenvalue weighted by atomic mass is 9.89. The van der Waals surface area contributed by atoms with Crippen LogP contribution in [-0.2, 0) is 4.79 Å². The summed E-state index contributed by atoms with van der Waals surface area (Å²) in [7, 11) is 0. The van der Waals surface area contributed by atoms with Crippen molar-refractivity contribution in [1.82, 2.24) is 10.2 Å². The van der Waals surface area contributed by atoms with Crippen LogP contribution >= 0.6 is 11.6 Å². The van der Waals surface area contributed by atoms with Gasteiger partial charge in [-0.1, -0.05) is 17.7 Å². The molecule has 0 aromatic heterocycles. The van der Waals surface area contributed by atoms with Crippen LogP contribution < -0.4 is 10.6 Å². The fraction of sp³-hybridized carbons (Fsp3) is 0.562. The summed E-state index contributed by atoms with van der Waals surface area (Å²) < 4.78 is 0. The Morgan fingerprint density at radius 1 is 1.43 bits per heavy atom. The fourth-order valence-corrected chi connectivity index (χ4v) is 3.56. The number of halogens is 1. The van der Waals surface area contributed by atoms with Gasteiger partial charge in [0.15, 0.2) is 0 Å². The van der Waals surface area contributed by atoms with Gasteiger partial charge < -0.3 is 10.6 Å². The molecule has 0 radical (unpaired) electrons. The zero-order chi connectivity index (χ0) is 14.8. The lowest BCUT2D eigenvalue weighted by Gasteiger charge is -2.33. The van der Waals surface area contributed by atoms with Crippen LogP contribution in [0.4, 0.5) is 5.69 Å².